The van der Waals surface area contributed by atoms with Gasteiger partial charge in [0.15, 0.2) is 0 Å². The summed E-state index contributed by atoms with van der Waals surface area (Å²) >= 11 is 0. The Morgan fingerprint density at radius 1 is 1.14 bits per heavy atom. The van der Waals surface area contributed by atoms with Crippen molar-refractivity contribution < 1.29 is 20.4 Å². The molecule has 1 aliphatic heterocycles. The third kappa shape index (κ3) is 3.76. The number of aliphatic hydroxyl groups is 4. The van der Waals surface area contributed by atoms with Crippen LogP contribution in [0.25, 0.3) is 0 Å². The topological polar surface area (TPSA) is 84.2 Å². The smallest absolute Gasteiger partial charge is 0.109 e. The van der Waals surface area contributed by atoms with E-state index in [1.165, 1.54) is 5.19 Å². The van der Waals surface area contributed by atoms with Crippen LogP contribution in [0.15, 0.2) is 24.3 Å². The predicted octanol–water partition coefficient (Wildman–Crippen LogP) is -0.509. The molecule has 6 heteroatoms. The monoisotopic (exact) mass is 325 g/mol. The molecule has 0 aliphatic carbocycles. The minimum absolute atomic E-state index is 0.237. The van der Waals surface area contributed by atoms with Crippen molar-refractivity contribution in [1.29, 1.82) is 0 Å². The molecule has 1 unspecified atom stereocenters. The van der Waals surface area contributed by atoms with Crippen LogP contribution in [0.5, 0.6) is 0 Å². The quantitative estimate of drug-likeness (QED) is 0.561. The number of aliphatic hydroxyl groups excluding tert-OH is 4. The van der Waals surface area contributed by atoms with Gasteiger partial charge in [0.1, 0.15) is 12.2 Å². The number of piperidine rings is 1. The summed E-state index contributed by atoms with van der Waals surface area (Å²) in [5, 5.41) is 40.5. The molecule has 124 valence electrons. The van der Waals surface area contributed by atoms with Crippen molar-refractivity contribution in [3.63, 3.8) is 0 Å². The van der Waals surface area contributed by atoms with Gasteiger partial charge in [-0.1, -0.05) is 49.1 Å². The van der Waals surface area contributed by atoms with Crippen molar-refractivity contribution >= 4 is 13.3 Å². The molecule has 1 fully saturated rings. The zero-order valence-electron chi connectivity index (χ0n) is 13.5. The van der Waals surface area contributed by atoms with E-state index < -0.39 is 32.4 Å². The molecule has 0 bridgehead atoms. The first-order chi connectivity index (χ1) is 10.2. The average Bonchev–Trinajstić information content (AvgIpc) is 2.45. The van der Waals surface area contributed by atoms with Crippen molar-refractivity contribution in [3.8, 4) is 0 Å². The maximum atomic E-state index is 10.0. The van der Waals surface area contributed by atoms with Gasteiger partial charge in [0.25, 0.3) is 0 Å². The van der Waals surface area contributed by atoms with Crippen molar-refractivity contribution in [1.82, 2.24) is 4.90 Å². The maximum absolute atomic E-state index is 10.0. The minimum atomic E-state index is -1.40. The van der Waals surface area contributed by atoms with Crippen LogP contribution in [0.2, 0.25) is 19.6 Å². The molecular weight excluding hydrogens is 298 g/mol. The van der Waals surface area contributed by atoms with Crippen molar-refractivity contribution in [2.75, 3.05) is 13.2 Å². The van der Waals surface area contributed by atoms with Gasteiger partial charge in [-0.3, -0.25) is 4.90 Å². The summed E-state index contributed by atoms with van der Waals surface area (Å²) in [6.07, 6.45) is -3.35. The van der Waals surface area contributed by atoms with E-state index in [9.17, 15) is 20.4 Å². The predicted molar refractivity (Wildman–Crippen MR) is 88.7 cm³/mol. The van der Waals surface area contributed by atoms with Crippen molar-refractivity contribution in [3.05, 3.63) is 29.8 Å². The van der Waals surface area contributed by atoms with Gasteiger partial charge in [-0.15, -0.1) is 0 Å². The summed E-state index contributed by atoms with van der Waals surface area (Å²) in [7, 11) is -1.40. The Hall–Kier alpha value is -0.763. The highest BCUT2D eigenvalue weighted by Crippen LogP contribution is 2.21. The second-order valence-electron chi connectivity index (χ2n) is 7.18. The summed E-state index contributed by atoms with van der Waals surface area (Å²) in [6.45, 7) is 7.37. The van der Waals surface area contributed by atoms with Gasteiger partial charge in [-0.05, 0) is 5.56 Å². The standard InChI is InChI=1S/C16H27NO4Si/c1-22(2,3)12-6-4-5-11(7-12)8-17-9-14(19)16(21)15(20)13(17)10-18/h4-7,13-16,18-21H,8-10H2,1-3H3/t13?,14-,15+,16+/m0/s1. The Balaban J connectivity index is 2.18. The lowest BCUT2D eigenvalue weighted by Gasteiger charge is -2.43. The molecule has 2 rings (SSSR count). The van der Waals surface area contributed by atoms with Gasteiger partial charge in [0.2, 0.25) is 0 Å². The molecule has 22 heavy (non-hydrogen) atoms. The van der Waals surface area contributed by atoms with E-state index in [-0.39, 0.29) is 13.2 Å². The van der Waals surface area contributed by atoms with Gasteiger partial charge in [0.05, 0.1) is 26.8 Å². The molecule has 0 radical (unpaired) electrons. The molecule has 0 saturated carbocycles. The van der Waals surface area contributed by atoms with Gasteiger partial charge < -0.3 is 20.4 Å². The normalized spacial score (nSPS) is 30.5. The SMILES string of the molecule is C[Si](C)(C)c1cccc(CN2C[C@H](O)[C@@H](O)[C@H](O)C2CO)c1. The minimum Gasteiger partial charge on any atom is -0.395 e. The lowest BCUT2D eigenvalue weighted by atomic mass is 9.94. The van der Waals surface area contributed by atoms with E-state index in [4.69, 9.17) is 0 Å². The first kappa shape index (κ1) is 17.6. The van der Waals surface area contributed by atoms with E-state index >= 15 is 0 Å². The Labute approximate surface area is 132 Å². The molecule has 1 saturated heterocycles. The number of likely N-dealkylation sites (tertiary alicyclic amines) is 1. The first-order valence-corrected chi connectivity index (χ1v) is 11.2. The second kappa shape index (κ2) is 6.78. The van der Waals surface area contributed by atoms with Gasteiger partial charge in [-0.2, -0.15) is 0 Å². The summed E-state index contributed by atoms with van der Waals surface area (Å²) in [5.41, 5.74) is 1.09. The van der Waals surface area contributed by atoms with Gasteiger partial charge in [-0.25, -0.2) is 0 Å². The Morgan fingerprint density at radius 3 is 2.41 bits per heavy atom. The molecule has 4 N–H and O–H groups in total. The fourth-order valence-electron chi connectivity index (χ4n) is 2.93. The van der Waals surface area contributed by atoms with Crippen LogP contribution in [0.3, 0.4) is 0 Å². The van der Waals surface area contributed by atoms with Crippen LogP contribution < -0.4 is 5.19 Å². The average molecular weight is 325 g/mol. The Bertz CT molecular complexity index is 505. The summed E-state index contributed by atoms with van der Waals surface area (Å²) in [6, 6.07) is 7.80. The highest BCUT2D eigenvalue weighted by molar-refractivity contribution is 6.88. The zero-order chi connectivity index (χ0) is 16.5. The third-order valence-corrected chi connectivity index (χ3v) is 6.44. The molecule has 4 atom stereocenters. The van der Waals surface area contributed by atoms with Crippen LogP contribution in [-0.2, 0) is 6.54 Å². The van der Waals surface area contributed by atoms with E-state index in [0.717, 1.165) is 5.56 Å². The van der Waals surface area contributed by atoms with E-state index in [1.54, 1.807) is 0 Å². The summed E-state index contributed by atoms with van der Waals surface area (Å²) < 4.78 is 0. The van der Waals surface area contributed by atoms with Crippen LogP contribution in [-0.4, -0.2) is 70.9 Å². The number of hydrogen-bond donors (Lipinski definition) is 4. The molecule has 0 amide bonds. The molecule has 1 heterocycles. The number of hydrogen-bond acceptors (Lipinski definition) is 5. The van der Waals surface area contributed by atoms with Crippen LogP contribution >= 0.6 is 0 Å². The zero-order valence-corrected chi connectivity index (χ0v) is 14.5. The van der Waals surface area contributed by atoms with E-state index in [2.05, 4.69) is 31.8 Å². The summed E-state index contributed by atoms with van der Waals surface area (Å²) in [4.78, 5) is 1.84. The molecule has 5 nitrogen and oxygen atoms in total. The molecular formula is C16H27NO4Si. The van der Waals surface area contributed by atoms with Crippen molar-refractivity contribution in [2.24, 2.45) is 0 Å². The highest BCUT2D eigenvalue weighted by Gasteiger charge is 2.40. The van der Waals surface area contributed by atoms with Crippen molar-refractivity contribution in [2.45, 2.75) is 50.5 Å². The lowest BCUT2D eigenvalue weighted by Crippen LogP contribution is -2.62. The Kier molecular flexibility index (Phi) is 5.42. The number of β-amino-alcohol motifs (C(OH)–C–C–N with tert-alkyl or cyclic N) is 1. The fraction of sp³-hybridized carbons (Fsp3) is 0.625. The fourth-order valence-corrected chi connectivity index (χ4v) is 4.15. The molecule has 1 aromatic rings. The van der Waals surface area contributed by atoms with Crippen LogP contribution in [0.1, 0.15) is 5.56 Å². The van der Waals surface area contributed by atoms with Crippen LogP contribution in [0, 0.1) is 0 Å². The van der Waals surface area contributed by atoms with E-state index in [1.807, 2.05) is 17.0 Å². The van der Waals surface area contributed by atoms with Gasteiger partial charge in [0, 0.05) is 13.1 Å². The van der Waals surface area contributed by atoms with Crippen LogP contribution in [0.4, 0.5) is 0 Å². The molecule has 0 aromatic heterocycles. The second-order valence-corrected chi connectivity index (χ2v) is 12.3. The maximum Gasteiger partial charge on any atom is 0.109 e. The molecule has 1 aromatic carbocycles. The largest absolute Gasteiger partial charge is 0.395 e. The highest BCUT2D eigenvalue weighted by atomic mass is 28.3. The van der Waals surface area contributed by atoms with E-state index in [0.29, 0.717) is 6.54 Å². The number of nitrogens with zero attached hydrogens (tertiary/aromatic N) is 1. The number of rotatable bonds is 4. The molecule has 0 spiro atoms. The Morgan fingerprint density at radius 2 is 1.82 bits per heavy atom. The number of benzene rings is 1. The third-order valence-electron chi connectivity index (χ3n) is 4.39. The first-order valence-electron chi connectivity index (χ1n) is 7.72. The lowest BCUT2D eigenvalue weighted by molar-refractivity contribution is -0.147. The summed E-state index contributed by atoms with van der Waals surface area (Å²) in [5.74, 6) is 0. The molecule has 1 aliphatic rings. The van der Waals surface area contributed by atoms with Gasteiger partial charge >= 0.3 is 0 Å².